The van der Waals surface area contributed by atoms with Crippen molar-refractivity contribution >= 4 is 16.6 Å². The third-order valence-electron chi connectivity index (χ3n) is 4.23. The van der Waals surface area contributed by atoms with Gasteiger partial charge < -0.3 is 0 Å². The van der Waals surface area contributed by atoms with Crippen LogP contribution in [0.25, 0.3) is 0 Å². The summed E-state index contributed by atoms with van der Waals surface area (Å²) in [7, 11) is -0.682. The molecule has 96 valence electrons. The average molecular weight is 262 g/mol. The number of benzene rings is 1. The molecule has 0 aliphatic carbocycles. The van der Waals surface area contributed by atoms with Crippen LogP contribution in [0.2, 0.25) is 0 Å². The first-order chi connectivity index (χ1) is 8.75. The molecule has 0 radical (unpaired) electrons. The smallest absolute Gasteiger partial charge is 0.166 e. The molecule has 0 spiro atoms. The van der Waals surface area contributed by atoms with Crippen LogP contribution in [-0.4, -0.2) is 20.5 Å². The summed E-state index contributed by atoms with van der Waals surface area (Å²) >= 11 is 0. The van der Waals surface area contributed by atoms with Crippen molar-refractivity contribution in [1.29, 1.82) is 0 Å². The van der Waals surface area contributed by atoms with E-state index in [0.717, 1.165) is 31.2 Å². The molecule has 2 fully saturated rings. The molecule has 3 rings (SSSR count). The molecule has 1 aromatic rings. The Hall–Kier alpha value is -0.960. The van der Waals surface area contributed by atoms with E-state index in [4.69, 9.17) is 0 Å². The summed E-state index contributed by atoms with van der Waals surface area (Å²) in [6, 6.07) is 9.54. The van der Waals surface area contributed by atoms with Crippen molar-refractivity contribution in [2.45, 2.75) is 42.6 Å². The minimum atomic E-state index is -0.682. The predicted molar refractivity (Wildman–Crippen MR) is 73.1 cm³/mol. The van der Waals surface area contributed by atoms with Crippen LogP contribution in [0.15, 0.2) is 30.3 Å². The Labute approximate surface area is 110 Å². The maximum absolute atomic E-state index is 12.4. The number of carbonyl (C=O) groups excluding carboxylic acids is 1. The van der Waals surface area contributed by atoms with Gasteiger partial charge >= 0.3 is 0 Å². The molecule has 0 amide bonds. The lowest BCUT2D eigenvalue weighted by atomic mass is 9.84. The highest BCUT2D eigenvalue weighted by molar-refractivity contribution is 7.86. The van der Waals surface area contributed by atoms with Gasteiger partial charge in [-0.15, -0.1) is 0 Å². The van der Waals surface area contributed by atoms with Gasteiger partial charge in [0.1, 0.15) is 0 Å². The van der Waals surface area contributed by atoms with Crippen LogP contribution in [0.1, 0.15) is 42.5 Å². The second-order valence-electron chi connectivity index (χ2n) is 5.40. The predicted octanol–water partition coefficient (Wildman–Crippen LogP) is 2.95. The number of Topliss-reactive ketones (excluding diaryl/α,β-unsaturated/α-hetero) is 1. The monoisotopic (exact) mass is 262 g/mol. The normalized spacial score (nSPS) is 35.1. The molecule has 3 heteroatoms. The van der Waals surface area contributed by atoms with Gasteiger partial charge in [-0.2, -0.15) is 0 Å². The molecule has 2 aliphatic heterocycles. The Morgan fingerprint density at radius 3 is 2.28 bits per heavy atom. The van der Waals surface area contributed by atoms with E-state index < -0.39 is 10.8 Å². The fraction of sp³-hybridized carbons (Fsp3) is 0.533. The topological polar surface area (TPSA) is 34.1 Å². The number of hydrogen-bond acceptors (Lipinski definition) is 2. The lowest BCUT2D eigenvalue weighted by Crippen LogP contribution is -2.41. The molecule has 2 heterocycles. The SMILES string of the molecule is O=C(c1ccccc1)C1CC2CCCC(C1)S2=O. The van der Waals surface area contributed by atoms with E-state index in [-0.39, 0.29) is 22.2 Å². The van der Waals surface area contributed by atoms with Crippen LogP contribution in [0, 0.1) is 5.92 Å². The minimum absolute atomic E-state index is 0.0976. The first-order valence-corrected chi connectivity index (χ1v) is 8.02. The van der Waals surface area contributed by atoms with E-state index in [0.29, 0.717) is 0 Å². The van der Waals surface area contributed by atoms with Gasteiger partial charge in [0.05, 0.1) is 0 Å². The summed E-state index contributed by atoms with van der Waals surface area (Å²) in [5.74, 6) is 0.351. The largest absolute Gasteiger partial charge is 0.294 e. The van der Waals surface area contributed by atoms with Gasteiger partial charge in [-0.3, -0.25) is 9.00 Å². The van der Waals surface area contributed by atoms with Crippen LogP contribution in [0.3, 0.4) is 0 Å². The third-order valence-corrected chi connectivity index (χ3v) is 6.40. The molecule has 2 aliphatic rings. The second-order valence-corrected chi connectivity index (χ2v) is 7.39. The first-order valence-electron chi connectivity index (χ1n) is 6.74. The van der Waals surface area contributed by atoms with Gasteiger partial charge in [-0.25, -0.2) is 0 Å². The maximum Gasteiger partial charge on any atom is 0.166 e. The van der Waals surface area contributed by atoms with Crippen molar-refractivity contribution in [3.63, 3.8) is 0 Å². The molecule has 18 heavy (non-hydrogen) atoms. The van der Waals surface area contributed by atoms with E-state index in [9.17, 15) is 9.00 Å². The fourth-order valence-corrected chi connectivity index (χ4v) is 5.47. The highest BCUT2D eigenvalue weighted by atomic mass is 32.2. The van der Waals surface area contributed by atoms with E-state index in [2.05, 4.69) is 0 Å². The Kier molecular flexibility index (Phi) is 3.33. The summed E-state index contributed by atoms with van der Waals surface area (Å²) in [5, 5.41) is 0.547. The zero-order valence-corrected chi connectivity index (χ0v) is 11.2. The Morgan fingerprint density at radius 1 is 1.06 bits per heavy atom. The van der Waals surface area contributed by atoms with Crippen molar-refractivity contribution in [1.82, 2.24) is 0 Å². The second kappa shape index (κ2) is 4.96. The molecule has 2 saturated heterocycles. The van der Waals surface area contributed by atoms with Gasteiger partial charge in [0.2, 0.25) is 0 Å². The van der Waals surface area contributed by atoms with Crippen LogP contribution in [0.4, 0.5) is 0 Å². The lowest BCUT2D eigenvalue weighted by molar-refractivity contribution is 0.0895. The molecule has 2 unspecified atom stereocenters. The van der Waals surface area contributed by atoms with Crippen LogP contribution in [-0.2, 0) is 10.8 Å². The molecule has 0 aromatic heterocycles. The lowest BCUT2D eigenvalue weighted by Gasteiger charge is -2.37. The Bertz CT molecular complexity index is 453. The van der Waals surface area contributed by atoms with Gasteiger partial charge in [0.15, 0.2) is 5.78 Å². The van der Waals surface area contributed by atoms with Crippen LogP contribution >= 0.6 is 0 Å². The standard InChI is InChI=1S/C15H18O2S/c16-15(11-5-2-1-3-6-11)12-9-13-7-4-8-14(10-12)18(13)17/h1-3,5-6,12-14H,4,7-10H2. The maximum atomic E-state index is 12.4. The van der Waals surface area contributed by atoms with Crippen molar-refractivity contribution in [3.05, 3.63) is 35.9 Å². The quantitative estimate of drug-likeness (QED) is 0.768. The Balaban J connectivity index is 1.78. The summed E-state index contributed by atoms with van der Waals surface area (Å²) in [4.78, 5) is 12.4. The number of fused-ring (bicyclic) bond motifs is 2. The van der Waals surface area contributed by atoms with E-state index in [1.54, 1.807) is 0 Å². The highest BCUT2D eigenvalue weighted by Gasteiger charge is 2.40. The molecular formula is C15H18O2S. The van der Waals surface area contributed by atoms with Crippen LogP contribution in [0.5, 0.6) is 0 Å². The number of ketones is 1. The molecule has 2 atom stereocenters. The summed E-state index contributed by atoms with van der Waals surface area (Å²) in [6.45, 7) is 0. The number of rotatable bonds is 2. The van der Waals surface area contributed by atoms with Crippen molar-refractivity contribution < 1.29 is 9.00 Å². The molecule has 0 saturated carbocycles. The molecular weight excluding hydrogens is 244 g/mol. The van der Waals surface area contributed by atoms with E-state index in [1.165, 1.54) is 6.42 Å². The number of hydrogen-bond donors (Lipinski definition) is 0. The van der Waals surface area contributed by atoms with Crippen LogP contribution < -0.4 is 0 Å². The van der Waals surface area contributed by atoms with Gasteiger partial charge in [0, 0.05) is 32.8 Å². The van der Waals surface area contributed by atoms with E-state index in [1.807, 2.05) is 30.3 Å². The van der Waals surface area contributed by atoms with Gasteiger partial charge in [-0.1, -0.05) is 36.8 Å². The first kappa shape index (κ1) is 12.1. The summed E-state index contributed by atoms with van der Waals surface area (Å²) < 4.78 is 12.1. The number of carbonyl (C=O) groups is 1. The minimum Gasteiger partial charge on any atom is -0.294 e. The fourth-order valence-electron chi connectivity index (χ4n) is 3.29. The third kappa shape index (κ3) is 2.16. The Morgan fingerprint density at radius 2 is 1.67 bits per heavy atom. The van der Waals surface area contributed by atoms with E-state index >= 15 is 0 Å². The molecule has 0 N–H and O–H groups in total. The highest BCUT2D eigenvalue weighted by Crippen LogP contribution is 2.38. The summed E-state index contributed by atoms with van der Waals surface area (Å²) in [5.41, 5.74) is 0.813. The van der Waals surface area contributed by atoms with Gasteiger partial charge in [0.25, 0.3) is 0 Å². The van der Waals surface area contributed by atoms with Crippen molar-refractivity contribution in [3.8, 4) is 0 Å². The molecule has 2 nitrogen and oxygen atoms in total. The summed E-state index contributed by atoms with van der Waals surface area (Å²) in [6.07, 6.45) is 4.93. The average Bonchev–Trinajstić information content (AvgIpc) is 2.38. The van der Waals surface area contributed by atoms with Crippen molar-refractivity contribution in [2.24, 2.45) is 5.92 Å². The van der Waals surface area contributed by atoms with Crippen molar-refractivity contribution in [2.75, 3.05) is 0 Å². The molecule has 1 aromatic carbocycles. The molecule has 2 bridgehead atoms. The zero-order chi connectivity index (χ0) is 12.5. The zero-order valence-electron chi connectivity index (χ0n) is 10.4. The van der Waals surface area contributed by atoms with Gasteiger partial charge in [-0.05, 0) is 25.7 Å².